The van der Waals surface area contributed by atoms with E-state index >= 15 is 0 Å². The summed E-state index contributed by atoms with van der Waals surface area (Å²) in [6.45, 7) is 6.56. The first kappa shape index (κ1) is 9.80. The van der Waals surface area contributed by atoms with Gasteiger partial charge in [-0.1, -0.05) is 61.6 Å². The summed E-state index contributed by atoms with van der Waals surface area (Å²) < 4.78 is 0. The maximum absolute atomic E-state index is 6.14. The van der Waals surface area contributed by atoms with E-state index in [4.69, 9.17) is 7.57 Å². The van der Waals surface area contributed by atoms with Crippen molar-refractivity contribution in [3.63, 3.8) is 0 Å². The predicted molar refractivity (Wildman–Crippen MR) is 58.5 cm³/mol. The quantitative estimate of drug-likeness (QED) is 0.455. The lowest BCUT2D eigenvalue weighted by atomic mass is 10.3. The number of hydrogen-bond acceptors (Lipinski definition) is 0. The van der Waals surface area contributed by atoms with E-state index in [1.54, 1.807) is 0 Å². The molecule has 0 aliphatic carbocycles. The molecule has 0 amide bonds. The summed E-state index contributed by atoms with van der Waals surface area (Å²) >= 11 is 0. The third-order valence-electron chi connectivity index (χ3n) is 1.76. The summed E-state index contributed by atoms with van der Waals surface area (Å²) in [5.41, 5.74) is 0. The standard InChI is InChI=1S/C10H14BP/c1-10(2,3)12(11)9-7-5-4-6-8-9/h4-8H,1-3H3/q-1. The molecule has 0 fully saturated rings. The highest BCUT2D eigenvalue weighted by atomic mass is 31.1. The van der Waals surface area contributed by atoms with Crippen LogP contribution < -0.4 is 5.30 Å². The zero-order valence-electron chi connectivity index (χ0n) is 7.91. The Morgan fingerprint density at radius 3 is 2.00 bits per heavy atom. The largest absolute Gasteiger partial charge is 0.572 e. The molecule has 1 atom stereocenters. The summed E-state index contributed by atoms with van der Waals surface area (Å²) in [6.07, 6.45) is 0. The molecule has 0 spiro atoms. The van der Waals surface area contributed by atoms with Crippen LogP contribution in [0.2, 0.25) is 0 Å². The van der Waals surface area contributed by atoms with Crippen LogP contribution in [0.3, 0.4) is 0 Å². The fourth-order valence-corrected chi connectivity index (χ4v) is 2.24. The lowest BCUT2D eigenvalue weighted by molar-refractivity contribution is 0.796. The molecule has 0 aliphatic rings. The number of hydrogen-bond donors (Lipinski definition) is 0. The van der Waals surface area contributed by atoms with Crippen molar-refractivity contribution < 1.29 is 0 Å². The van der Waals surface area contributed by atoms with E-state index in [2.05, 4.69) is 32.9 Å². The molecular formula is C10H14BP-. The highest BCUT2D eigenvalue weighted by molar-refractivity contribution is 7.89. The third kappa shape index (κ3) is 2.35. The summed E-state index contributed by atoms with van der Waals surface area (Å²) in [6, 6.07) is 10.3. The van der Waals surface area contributed by atoms with E-state index in [1.807, 2.05) is 18.2 Å². The zero-order valence-corrected chi connectivity index (χ0v) is 8.81. The molecule has 63 valence electrons. The van der Waals surface area contributed by atoms with Gasteiger partial charge in [-0.15, -0.1) is 0 Å². The Balaban J connectivity index is 2.86. The Hall–Kier alpha value is -0.285. The van der Waals surface area contributed by atoms with E-state index < -0.39 is 7.80 Å². The van der Waals surface area contributed by atoms with Gasteiger partial charge >= 0.3 is 0 Å². The van der Waals surface area contributed by atoms with Crippen molar-refractivity contribution in [1.29, 1.82) is 0 Å². The summed E-state index contributed by atoms with van der Waals surface area (Å²) in [5.74, 6) is 0. The molecule has 0 saturated heterocycles. The van der Waals surface area contributed by atoms with Gasteiger partial charge in [0.25, 0.3) is 0 Å². The fraction of sp³-hybridized carbons (Fsp3) is 0.400. The Morgan fingerprint density at radius 2 is 1.58 bits per heavy atom. The van der Waals surface area contributed by atoms with Crippen LogP contribution in [0.5, 0.6) is 0 Å². The van der Waals surface area contributed by atoms with Gasteiger partial charge in [-0.2, -0.15) is 0 Å². The molecule has 1 aromatic carbocycles. The average Bonchev–Trinajstić information content (AvgIpc) is 2.03. The van der Waals surface area contributed by atoms with Crippen molar-refractivity contribution in [3.05, 3.63) is 30.3 Å². The average molecular weight is 176 g/mol. The molecule has 0 aromatic heterocycles. The number of rotatable bonds is 1. The topological polar surface area (TPSA) is 0 Å². The smallest absolute Gasteiger partial charge is 0.0559 e. The highest BCUT2D eigenvalue weighted by Gasteiger charge is 2.09. The first-order valence-electron chi connectivity index (χ1n) is 4.12. The second kappa shape index (κ2) is 3.62. The van der Waals surface area contributed by atoms with Crippen LogP contribution in [0.1, 0.15) is 20.8 Å². The molecule has 2 heteroatoms. The number of benzene rings is 1. The van der Waals surface area contributed by atoms with Crippen molar-refractivity contribution in [2.75, 3.05) is 0 Å². The normalized spacial score (nSPS) is 14.3. The van der Waals surface area contributed by atoms with Gasteiger partial charge < -0.3 is 15.4 Å². The minimum atomic E-state index is -0.517. The molecule has 0 heterocycles. The molecule has 0 nitrogen and oxygen atoms in total. The van der Waals surface area contributed by atoms with Crippen LogP contribution >= 0.6 is 7.80 Å². The van der Waals surface area contributed by atoms with Gasteiger partial charge in [0.05, 0.1) is 0 Å². The van der Waals surface area contributed by atoms with Gasteiger partial charge in [-0.05, 0) is 0 Å². The lowest BCUT2D eigenvalue weighted by Gasteiger charge is -2.41. The molecule has 12 heavy (non-hydrogen) atoms. The second-order valence-electron chi connectivity index (χ2n) is 3.88. The van der Waals surface area contributed by atoms with Crippen molar-refractivity contribution in [2.24, 2.45) is 0 Å². The minimum absolute atomic E-state index is 0.205. The Labute approximate surface area is 77.5 Å². The van der Waals surface area contributed by atoms with Crippen LogP contribution in [0.25, 0.3) is 0 Å². The predicted octanol–water partition coefficient (Wildman–Crippen LogP) is 2.68. The van der Waals surface area contributed by atoms with Crippen molar-refractivity contribution in [3.8, 4) is 0 Å². The summed E-state index contributed by atoms with van der Waals surface area (Å²) in [5, 5.41) is 1.48. The monoisotopic (exact) mass is 176 g/mol. The molecule has 1 rings (SSSR count). The molecule has 1 unspecified atom stereocenters. The van der Waals surface area contributed by atoms with E-state index in [-0.39, 0.29) is 5.16 Å². The van der Waals surface area contributed by atoms with Gasteiger partial charge in [0, 0.05) is 0 Å². The van der Waals surface area contributed by atoms with Crippen molar-refractivity contribution in [1.82, 2.24) is 0 Å². The van der Waals surface area contributed by atoms with Gasteiger partial charge in [0.15, 0.2) is 0 Å². The SMILES string of the molecule is [B-]P(c1ccccc1)C(C)(C)C. The maximum Gasteiger partial charge on any atom is -0.0559 e. The highest BCUT2D eigenvalue weighted by Crippen LogP contribution is 2.43. The Kier molecular flexibility index (Phi) is 2.96. The molecule has 0 bridgehead atoms. The first-order chi connectivity index (χ1) is 5.52. The van der Waals surface area contributed by atoms with Crippen LogP contribution in [0, 0.1) is 0 Å². The summed E-state index contributed by atoms with van der Waals surface area (Å²) in [4.78, 5) is 0. The molecule has 0 aliphatic heterocycles. The van der Waals surface area contributed by atoms with E-state index in [9.17, 15) is 0 Å². The lowest BCUT2D eigenvalue weighted by Crippen LogP contribution is -2.18. The molecule has 0 saturated carbocycles. The second-order valence-corrected chi connectivity index (χ2v) is 6.47. The Bertz CT molecular complexity index is 238. The Morgan fingerprint density at radius 1 is 1.08 bits per heavy atom. The molecule has 0 N–H and O–H groups in total. The van der Waals surface area contributed by atoms with Gasteiger partial charge in [-0.3, -0.25) is 0 Å². The van der Waals surface area contributed by atoms with Gasteiger partial charge in [0.2, 0.25) is 0 Å². The molecule has 1 aromatic rings. The molecular weight excluding hydrogens is 162 g/mol. The minimum Gasteiger partial charge on any atom is -0.572 e. The molecule has 3 radical (unpaired) electrons. The van der Waals surface area contributed by atoms with Crippen LogP contribution in [-0.2, 0) is 0 Å². The first-order valence-corrected chi connectivity index (χ1v) is 5.53. The van der Waals surface area contributed by atoms with Crippen molar-refractivity contribution in [2.45, 2.75) is 25.9 Å². The van der Waals surface area contributed by atoms with E-state index in [1.165, 1.54) is 5.30 Å². The van der Waals surface area contributed by atoms with E-state index in [0.29, 0.717) is 0 Å². The zero-order chi connectivity index (χ0) is 9.19. The third-order valence-corrected chi connectivity index (χ3v) is 4.06. The van der Waals surface area contributed by atoms with Crippen molar-refractivity contribution >= 4 is 20.7 Å². The van der Waals surface area contributed by atoms with Crippen LogP contribution in [-0.4, -0.2) is 12.7 Å². The van der Waals surface area contributed by atoms with E-state index in [0.717, 1.165) is 0 Å². The van der Waals surface area contributed by atoms with Crippen LogP contribution in [0.4, 0.5) is 0 Å². The summed E-state index contributed by atoms with van der Waals surface area (Å²) in [7, 11) is 5.62. The fourth-order valence-electron chi connectivity index (χ4n) is 0.976. The van der Waals surface area contributed by atoms with Crippen LogP contribution in [0.15, 0.2) is 30.3 Å². The van der Waals surface area contributed by atoms with Gasteiger partial charge in [-0.25, -0.2) is 0 Å². The van der Waals surface area contributed by atoms with Gasteiger partial charge in [0.1, 0.15) is 0 Å². The maximum atomic E-state index is 6.14.